The molecule has 0 bridgehead atoms. The van der Waals surface area contributed by atoms with Crippen LogP contribution in [0.5, 0.6) is 0 Å². The highest BCUT2D eigenvalue weighted by Crippen LogP contribution is 2.24. The molecule has 0 atom stereocenters. The molecule has 1 aliphatic rings. The third-order valence-corrected chi connectivity index (χ3v) is 4.10. The zero-order valence-electron chi connectivity index (χ0n) is 20.6. The Labute approximate surface area is 185 Å². The summed E-state index contributed by atoms with van der Waals surface area (Å²) in [4.78, 5) is 11.1. The van der Waals surface area contributed by atoms with Crippen molar-refractivity contribution in [2.45, 2.75) is 60.0 Å². The number of carbonyl (C=O) groups is 1. The molecule has 1 heterocycles. The molecule has 170 valence electrons. The summed E-state index contributed by atoms with van der Waals surface area (Å²) >= 11 is 0. The molecule has 1 aliphatic heterocycles. The molecule has 0 aromatic heterocycles. The van der Waals surface area contributed by atoms with E-state index < -0.39 is 5.60 Å². The van der Waals surface area contributed by atoms with Gasteiger partial charge in [-0.3, -0.25) is 0 Å². The number of hydrogen-bond donors (Lipinski definition) is 2. The first-order chi connectivity index (χ1) is 14.2. The number of aryl methyl sites for hydroxylation is 2. The van der Waals surface area contributed by atoms with Crippen LogP contribution in [0, 0.1) is 6.92 Å². The standard InChI is InChI=1S/C10H13N.C10H14O.C2H7N.C2H4O.C2H6/c1-11-8-4-6-9-5-2-3-7-10(9)11;1-8-4-6-9(7-5-8)10(2,3)11;1-3-2;1-2-3;1-2/h2-3,5,7H,4,6,8H2,1H3;4-7,11H,1-3H3;3H,1-2H3;2H,1H3;1-2H3. The number of rotatable bonds is 1. The molecule has 2 aromatic carbocycles. The van der Waals surface area contributed by atoms with Gasteiger partial charge in [-0.15, -0.1) is 0 Å². The SMILES string of the molecule is CC.CC=O.CN1CCCc2ccccc21.CNC.Cc1ccc(C(C)(C)O)cc1. The van der Waals surface area contributed by atoms with Gasteiger partial charge in [0.15, 0.2) is 0 Å². The van der Waals surface area contributed by atoms with Gasteiger partial charge in [0.2, 0.25) is 0 Å². The lowest BCUT2D eigenvalue weighted by atomic mass is 9.98. The lowest BCUT2D eigenvalue weighted by molar-refractivity contribution is -0.106. The monoisotopic (exact) mass is 416 g/mol. The number of aliphatic hydroxyl groups is 1. The number of nitrogens with zero attached hydrogens (tertiary/aromatic N) is 1. The van der Waals surface area contributed by atoms with Crippen LogP contribution >= 0.6 is 0 Å². The van der Waals surface area contributed by atoms with Crippen molar-refractivity contribution >= 4 is 12.0 Å². The second kappa shape index (κ2) is 17.7. The summed E-state index contributed by atoms with van der Waals surface area (Å²) in [6.07, 6.45) is 3.30. The minimum Gasteiger partial charge on any atom is -0.386 e. The molecule has 0 fully saturated rings. The molecule has 4 heteroatoms. The third kappa shape index (κ3) is 13.1. The van der Waals surface area contributed by atoms with E-state index in [4.69, 9.17) is 4.79 Å². The average Bonchev–Trinajstić information content (AvgIpc) is 2.71. The van der Waals surface area contributed by atoms with Crippen molar-refractivity contribution in [1.82, 2.24) is 5.32 Å². The number of fused-ring (bicyclic) bond motifs is 1. The largest absolute Gasteiger partial charge is 0.386 e. The first-order valence-electron chi connectivity index (χ1n) is 10.8. The number of anilines is 1. The summed E-state index contributed by atoms with van der Waals surface area (Å²) in [5, 5.41) is 12.3. The van der Waals surface area contributed by atoms with Crippen molar-refractivity contribution in [3.8, 4) is 0 Å². The Kier molecular flexibility index (Phi) is 17.7. The van der Waals surface area contributed by atoms with Gasteiger partial charge in [0, 0.05) is 19.3 Å². The van der Waals surface area contributed by atoms with Crippen molar-refractivity contribution in [1.29, 1.82) is 0 Å². The van der Waals surface area contributed by atoms with Crippen LogP contribution in [0.25, 0.3) is 0 Å². The molecule has 0 aliphatic carbocycles. The van der Waals surface area contributed by atoms with E-state index in [1.165, 1.54) is 43.1 Å². The van der Waals surface area contributed by atoms with E-state index in [1.807, 2.05) is 59.1 Å². The maximum atomic E-state index is 9.58. The first-order valence-corrected chi connectivity index (χ1v) is 10.8. The molecule has 30 heavy (non-hydrogen) atoms. The molecule has 0 saturated carbocycles. The number of hydrogen-bond acceptors (Lipinski definition) is 4. The topological polar surface area (TPSA) is 52.6 Å². The third-order valence-electron chi connectivity index (χ3n) is 4.10. The van der Waals surface area contributed by atoms with Crippen LogP contribution in [0.1, 0.15) is 57.7 Å². The minimum absolute atomic E-state index is 0.715. The highest BCUT2D eigenvalue weighted by atomic mass is 16.3. The summed E-state index contributed by atoms with van der Waals surface area (Å²) in [5.74, 6) is 0. The van der Waals surface area contributed by atoms with Crippen molar-refractivity contribution < 1.29 is 9.90 Å². The quantitative estimate of drug-likeness (QED) is 0.615. The smallest absolute Gasteiger partial charge is 0.116 e. The number of nitrogens with one attached hydrogen (secondary N) is 1. The van der Waals surface area contributed by atoms with Crippen molar-refractivity contribution in [3.05, 3.63) is 65.2 Å². The Bertz CT molecular complexity index is 661. The number of para-hydroxylation sites is 1. The van der Waals surface area contributed by atoms with Gasteiger partial charge >= 0.3 is 0 Å². The van der Waals surface area contributed by atoms with Crippen LogP contribution in [0.2, 0.25) is 0 Å². The van der Waals surface area contributed by atoms with Crippen LogP contribution in [0.4, 0.5) is 5.69 Å². The fraction of sp³-hybridized carbons (Fsp3) is 0.500. The van der Waals surface area contributed by atoms with E-state index in [0.717, 1.165) is 11.8 Å². The Morgan fingerprint density at radius 3 is 1.93 bits per heavy atom. The van der Waals surface area contributed by atoms with Gasteiger partial charge in [-0.25, -0.2) is 0 Å². The average molecular weight is 417 g/mol. The van der Waals surface area contributed by atoms with Gasteiger partial charge in [-0.1, -0.05) is 61.9 Å². The Balaban J connectivity index is 0. The van der Waals surface area contributed by atoms with Gasteiger partial charge in [0.25, 0.3) is 0 Å². The maximum absolute atomic E-state index is 9.58. The summed E-state index contributed by atoms with van der Waals surface area (Å²) in [6.45, 7) is 12.3. The molecular formula is C26H44N2O2. The fourth-order valence-electron chi connectivity index (χ4n) is 2.68. The van der Waals surface area contributed by atoms with Crippen molar-refractivity contribution in [2.75, 3.05) is 32.6 Å². The number of aldehydes is 1. The molecule has 0 amide bonds. The first kappa shape index (κ1) is 30.0. The van der Waals surface area contributed by atoms with Crippen molar-refractivity contribution in [3.63, 3.8) is 0 Å². The second-order valence-corrected chi connectivity index (χ2v) is 7.31. The van der Waals surface area contributed by atoms with Crippen LogP contribution in [-0.2, 0) is 16.8 Å². The highest BCUT2D eigenvalue weighted by molar-refractivity contribution is 5.54. The van der Waals surface area contributed by atoms with Gasteiger partial charge in [-0.05, 0) is 71.8 Å². The fourth-order valence-corrected chi connectivity index (χ4v) is 2.68. The van der Waals surface area contributed by atoms with E-state index >= 15 is 0 Å². The Hall–Kier alpha value is -2.17. The van der Waals surface area contributed by atoms with Gasteiger partial charge in [0.05, 0.1) is 5.60 Å². The van der Waals surface area contributed by atoms with E-state index in [0.29, 0.717) is 0 Å². The molecule has 3 rings (SSSR count). The Morgan fingerprint density at radius 2 is 1.50 bits per heavy atom. The second-order valence-electron chi connectivity index (χ2n) is 7.31. The minimum atomic E-state index is -0.715. The van der Waals surface area contributed by atoms with Crippen LogP contribution < -0.4 is 10.2 Å². The summed E-state index contributed by atoms with van der Waals surface area (Å²) in [6, 6.07) is 16.6. The molecule has 4 nitrogen and oxygen atoms in total. The van der Waals surface area contributed by atoms with E-state index in [-0.39, 0.29) is 0 Å². The van der Waals surface area contributed by atoms with Gasteiger partial charge in [-0.2, -0.15) is 0 Å². The highest BCUT2D eigenvalue weighted by Gasteiger charge is 2.14. The molecular weight excluding hydrogens is 372 g/mol. The summed E-state index contributed by atoms with van der Waals surface area (Å²) in [5.41, 5.74) is 4.38. The lowest BCUT2D eigenvalue weighted by Crippen LogP contribution is -2.24. The summed E-state index contributed by atoms with van der Waals surface area (Å²) in [7, 11) is 5.91. The molecule has 0 unspecified atom stereocenters. The van der Waals surface area contributed by atoms with Crippen LogP contribution in [0.3, 0.4) is 0 Å². The zero-order valence-corrected chi connectivity index (χ0v) is 20.6. The molecule has 0 spiro atoms. The van der Waals surface area contributed by atoms with E-state index in [9.17, 15) is 5.11 Å². The summed E-state index contributed by atoms with van der Waals surface area (Å²) < 4.78 is 0. The number of carbonyl (C=O) groups excluding carboxylic acids is 1. The normalized spacial score (nSPS) is 11.5. The van der Waals surface area contributed by atoms with Crippen LogP contribution in [0.15, 0.2) is 48.5 Å². The predicted molar refractivity (Wildman–Crippen MR) is 133 cm³/mol. The predicted octanol–water partition coefficient (Wildman–Crippen LogP) is 5.36. The van der Waals surface area contributed by atoms with Gasteiger partial charge in [0.1, 0.15) is 6.29 Å². The van der Waals surface area contributed by atoms with Gasteiger partial charge < -0.3 is 20.1 Å². The van der Waals surface area contributed by atoms with Crippen LogP contribution in [-0.4, -0.2) is 39.1 Å². The molecule has 0 saturated heterocycles. The molecule has 2 aromatic rings. The lowest BCUT2D eigenvalue weighted by Gasteiger charge is -2.26. The Morgan fingerprint density at radius 1 is 1.03 bits per heavy atom. The number of benzene rings is 2. The van der Waals surface area contributed by atoms with Crippen molar-refractivity contribution in [2.24, 2.45) is 0 Å². The maximum Gasteiger partial charge on any atom is 0.116 e. The molecule has 2 N–H and O–H groups in total. The van der Waals surface area contributed by atoms with E-state index in [2.05, 4.69) is 41.5 Å². The van der Waals surface area contributed by atoms with E-state index in [1.54, 1.807) is 13.8 Å². The molecule has 0 radical (unpaired) electrons. The zero-order chi connectivity index (χ0) is 23.6.